The molecule has 2 aromatic rings. The number of hydrogen-bond acceptors (Lipinski definition) is 2. The highest BCUT2D eigenvalue weighted by molar-refractivity contribution is 6.32. The number of carbonyl (C=O) groups is 1. The van der Waals surface area contributed by atoms with Crippen molar-refractivity contribution in [1.82, 2.24) is 9.78 Å². The van der Waals surface area contributed by atoms with Crippen molar-refractivity contribution in [3.8, 4) is 0 Å². The van der Waals surface area contributed by atoms with E-state index in [1.165, 1.54) is 12.1 Å². The fourth-order valence-corrected chi connectivity index (χ4v) is 2.18. The molecule has 0 bridgehead atoms. The monoisotopic (exact) mass is 280 g/mol. The number of aromatic nitrogens is 2. The van der Waals surface area contributed by atoms with Crippen LogP contribution in [-0.2, 0) is 24.7 Å². The topological polar surface area (TPSA) is 34.9 Å². The molecule has 0 N–H and O–H groups in total. The van der Waals surface area contributed by atoms with Crippen LogP contribution < -0.4 is 0 Å². The summed E-state index contributed by atoms with van der Waals surface area (Å²) >= 11 is 6.10. The molecule has 100 valence electrons. The molecule has 0 spiro atoms. The van der Waals surface area contributed by atoms with E-state index in [4.69, 9.17) is 11.6 Å². The molecule has 0 aliphatic rings. The number of carbonyl (C=O) groups excluding carboxylic acids is 1. The van der Waals surface area contributed by atoms with E-state index in [0.29, 0.717) is 16.4 Å². The van der Waals surface area contributed by atoms with Crippen molar-refractivity contribution >= 4 is 17.4 Å². The quantitative estimate of drug-likeness (QED) is 0.863. The van der Waals surface area contributed by atoms with Gasteiger partial charge in [-0.15, -0.1) is 0 Å². The Kier molecular flexibility index (Phi) is 4.00. The molecule has 19 heavy (non-hydrogen) atoms. The van der Waals surface area contributed by atoms with Gasteiger partial charge in [0.2, 0.25) is 0 Å². The second-order valence-electron chi connectivity index (χ2n) is 4.49. The molecule has 0 fully saturated rings. The largest absolute Gasteiger partial charge is 0.299 e. The molecule has 0 atom stereocenters. The van der Waals surface area contributed by atoms with E-state index in [-0.39, 0.29) is 24.4 Å². The third-order valence-electron chi connectivity index (χ3n) is 2.94. The Hall–Kier alpha value is -1.68. The summed E-state index contributed by atoms with van der Waals surface area (Å²) in [5.41, 5.74) is 2.22. The fourth-order valence-electron chi connectivity index (χ4n) is 1.95. The van der Waals surface area contributed by atoms with Crippen LogP contribution >= 0.6 is 11.6 Å². The Morgan fingerprint density at radius 2 is 1.95 bits per heavy atom. The van der Waals surface area contributed by atoms with Gasteiger partial charge in [-0.3, -0.25) is 9.48 Å². The molecule has 2 rings (SSSR count). The maximum Gasteiger partial charge on any atom is 0.143 e. The van der Waals surface area contributed by atoms with E-state index in [1.54, 1.807) is 30.8 Å². The minimum absolute atomic E-state index is 0.0245. The summed E-state index contributed by atoms with van der Waals surface area (Å²) in [6.07, 6.45) is 0.494. The van der Waals surface area contributed by atoms with Gasteiger partial charge in [-0.25, -0.2) is 4.39 Å². The van der Waals surface area contributed by atoms with Crippen molar-refractivity contribution in [3.05, 3.63) is 52.1 Å². The summed E-state index contributed by atoms with van der Waals surface area (Å²) in [6, 6.07) is 5.93. The lowest BCUT2D eigenvalue weighted by Crippen LogP contribution is -2.10. The van der Waals surface area contributed by atoms with Gasteiger partial charge in [0.05, 0.1) is 22.8 Å². The van der Waals surface area contributed by atoms with E-state index in [9.17, 15) is 9.18 Å². The number of ketones is 1. The molecule has 0 amide bonds. The number of rotatable bonds is 4. The van der Waals surface area contributed by atoms with Crippen molar-refractivity contribution in [2.75, 3.05) is 0 Å². The Labute approximate surface area is 116 Å². The number of nitrogens with zero attached hydrogens (tertiary/aromatic N) is 2. The highest BCUT2D eigenvalue weighted by atomic mass is 35.5. The van der Waals surface area contributed by atoms with Gasteiger partial charge in [0.1, 0.15) is 11.6 Å². The van der Waals surface area contributed by atoms with E-state index < -0.39 is 0 Å². The molecule has 1 heterocycles. The zero-order valence-electron chi connectivity index (χ0n) is 10.8. The Morgan fingerprint density at radius 3 is 2.47 bits per heavy atom. The number of benzene rings is 1. The normalized spacial score (nSPS) is 10.7. The van der Waals surface area contributed by atoms with Crippen LogP contribution in [0.15, 0.2) is 24.3 Å². The van der Waals surface area contributed by atoms with E-state index >= 15 is 0 Å². The third-order valence-corrected chi connectivity index (χ3v) is 3.43. The van der Waals surface area contributed by atoms with Crippen molar-refractivity contribution in [2.45, 2.75) is 19.8 Å². The van der Waals surface area contributed by atoms with Gasteiger partial charge < -0.3 is 0 Å². The second kappa shape index (κ2) is 5.53. The van der Waals surface area contributed by atoms with Crippen LogP contribution in [0.3, 0.4) is 0 Å². The minimum Gasteiger partial charge on any atom is -0.299 e. The molecule has 0 aliphatic carbocycles. The van der Waals surface area contributed by atoms with Crippen molar-refractivity contribution in [1.29, 1.82) is 0 Å². The van der Waals surface area contributed by atoms with Crippen LogP contribution in [0.2, 0.25) is 5.02 Å². The van der Waals surface area contributed by atoms with Gasteiger partial charge >= 0.3 is 0 Å². The summed E-state index contributed by atoms with van der Waals surface area (Å²) in [7, 11) is 1.76. The molecule has 0 aliphatic heterocycles. The molecule has 0 saturated heterocycles. The fraction of sp³-hybridized carbons (Fsp3) is 0.286. The van der Waals surface area contributed by atoms with Crippen LogP contribution in [0.4, 0.5) is 4.39 Å². The summed E-state index contributed by atoms with van der Waals surface area (Å²) in [4.78, 5) is 12.0. The van der Waals surface area contributed by atoms with Crippen LogP contribution in [-0.4, -0.2) is 15.6 Å². The molecule has 1 aromatic heterocycles. The summed E-state index contributed by atoms with van der Waals surface area (Å²) < 4.78 is 14.4. The Morgan fingerprint density at radius 1 is 1.32 bits per heavy atom. The van der Waals surface area contributed by atoms with Crippen LogP contribution in [0, 0.1) is 12.7 Å². The molecule has 0 saturated carbocycles. The first-order valence-corrected chi connectivity index (χ1v) is 6.29. The average molecular weight is 281 g/mol. The summed E-state index contributed by atoms with van der Waals surface area (Å²) in [6.45, 7) is 1.80. The molecular weight excluding hydrogens is 267 g/mol. The van der Waals surface area contributed by atoms with Gasteiger partial charge in [0, 0.05) is 13.5 Å². The molecule has 3 nitrogen and oxygen atoms in total. The molecular formula is C14H14ClFN2O. The van der Waals surface area contributed by atoms with Crippen molar-refractivity contribution < 1.29 is 9.18 Å². The maximum absolute atomic E-state index is 12.8. The van der Waals surface area contributed by atoms with Crippen LogP contribution in [0.25, 0.3) is 0 Å². The average Bonchev–Trinajstić information content (AvgIpc) is 2.59. The van der Waals surface area contributed by atoms with Gasteiger partial charge in [-0.2, -0.15) is 5.10 Å². The highest BCUT2D eigenvalue weighted by Crippen LogP contribution is 2.20. The smallest absolute Gasteiger partial charge is 0.143 e. The van der Waals surface area contributed by atoms with Gasteiger partial charge in [0.15, 0.2) is 0 Å². The Bertz CT molecular complexity index is 605. The minimum atomic E-state index is -0.304. The van der Waals surface area contributed by atoms with E-state index in [1.807, 2.05) is 0 Å². The molecule has 5 heteroatoms. The summed E-state index contributed by atoms with van der Waals surface area (Å²) in [5.74, 6) is -0.280. The Balaban J connectivity index is 2.07. The van der Waals surface area contributed by atoms with E-state index in [0.717, 1.165) is 5.56 Å². The van der Waals surface area contributed by atoms with Gasteiger partial charge in [0.25, 0.3) is 0 Å². The van der Waals surface area contributed by atoms with Gasteiger partial charge in [-0.05, 0) is 24.6 Å². The lowest BCUT2D eigenvalue weighted by Gasteiger charge is -2.03. The van der Waals surface area contributed by atoms with Gasteiger partial charge in [-0.1, -0.05) is 23.7 Å². The predicted molar refractivity (Wildman–Crippen MR) is 71.8 cm³/mol. The van der Waals surface area contributed by atoms with E-state index in [2.05, 4.69) is 5.10 Å². The predicted octanol–water partition coefficient (Wildman–Crippen LogP) is 2.88. The lowest BCUT2D eigenvalue weighted by atomic mass is 10.1. The maximum atomic E-state index is 12.8. The van der Waals surface area contributed by atoms with Crippen LogP contribution in [0.5, 0.6) is 0 Å². The molecule has 0 radical (unpaired) electrons. The third kappa shape index (κ3) is 3.20. The standard InChI is InChI=1S/C14H14ClFN2O/c1-9-14(15)13(18(2)17-9)8-12(19)7-10-3-5-11(16)6-4-10/h3-6H,7-8H2,1-2H3. The zero-order chi connectivity index (χ0) is 14.0. The first-order chi connectivity index (χ1) is 8.97. The number of Topliss-reactive ketones (excluding diaryl/α,β-unsaturated/α-hetero) is 1. The van der Waals surface area contributed by atoms with Crippen LogP contribution in [0.1, 0.15) is 17.0 Å². The SMILES string of the molecule is Cc1nn(C)c(CC(=O)Cc2ccc(F)cc2)c1Cl. The molecule has 0 unspecified atom stereocenters. The number of hydrogen-bond donors (Lipinski definition) is 0. The van der Waals surface area contributed by atoms with Crippen molar-refractivity contribution in [3.63, 3.8) is 0 Å². The van der Waals surface area contributed by atoms with Crippen molar-refractivity contribution in [2.24, 2.45) is 7.05 Å². The highest BCUT2D eigenvalue weighted by Gasteiger charge is 2.15. The second-order valence-corrected chi connectivity index (χ2v) is 4.87. The first-order valence-electron chi connectivity index (χ1n) is 5.91. The lowest BCUT2D eigenvalue weighted by molar-refractivity contribution is -0.117. The number of aryl methyl sites for hydroxylation is 2. The first kappa shape index (κ1) is 13.7. The molecule has 1 aromatic carbocycles. The zero-order valence-corrected chi connectivity index (χ0v) is 11.5. The summed E-state index contributed by atoms with van der Waals surface area (Å²) in [5, 5.41) is 4.70. The number of halogens is 2.